The second-order valence-electron chi connectivity index (χ2n) is 3.50. The van der Waals surface area contributed by atoms with Gasteiger partial charge in [0.15, 0.2) is 5.78 Å². The van der Waals surface area contributed by atoms with Crippen LogP contribution < -0.4 is 0 Å². The van der Waals surface area contributed by atoms with Gasteiger partial charge >= 0.3 is 0 Å². The summed E-state index contributed by atoms with van der Waals surface area (Å²) in [5.41, 5.74) is 1.67. The Hall–Kier alpha value is -1.49. The molecule has 0 aliphatic heterocycles. The number of rotatable bonds is 5. The van der Waals surface area contributed by atoms with Crippen molar-refractivity contribution in [1.29, 1.82) is 0 Å². The molecule has 4 nitrogen and oxygen atoms in total. The van der Waals surface area contributed by atoms with Crippen LogP contribution >= 0.6 is 11.3 Å². The molecule has 0 aromatic carbocycles. The fourth-order valence-electron chi connectivity index (χ4n) is 1.54. The van der Waals surface area contributed by atoms with Crippen molar-refractivity contribution in [2.75, 3.05) is 0 Å². The lowest BCUT2D eigenvalue weighted by molar-refractivity contribution is 0.0993. The maximum Gasteiger partial charge on any atom is 0.181 e. The molecule has 0 spiro atoms. The predicted octanol–water partition coefficient (Wildman–Crippen LogP) is 2.17. The van der Waals surface area contributed by atoms with Gasteiger partial charge in [0.25, 0.3) is 0 Å². The third kappa shape index (κ3) is 2.36. The number of aromatic nitrogens is 3. The van der Waals surface area contributed by atoms with E-state index in [1.807, 2.05) is 10.8 Å². The fourth-order valence-corrected chi connectivity index (χ4v) is 2.10. The third-order valence-corrected chi connectivity index (χ3v) is 3.11. The van der Waals surface area contributed by atoms with E-state index in [1.165, 1.54) is 11.3 Å². The van der Waals surface area contributed by atoms with Crippen molar-refractivity contribution in [2.24, 2.45) is 0 Å². The molecule has 0 N–H and O–H groups in total. The highest BCUT2D eigenvalue weighted by Crippen LogP contribution is 2.10. The minimum Gasteiger partial charge on any atom is -0.335 e. The minimum absolute atomic E-state index is 0.0889. The number of thiazole rings is 1. The molecule has 0 bridgehead atoms. The molecule has 2 rings (SSSR count). The van der Waals surface area contributed by atoms with E-state index in [4.69, 9.17) is 0 Å². The maximum atomic E-state index is 11.8. The lowest BCUT2D eigenvalue weighted by Gasteiger charge is -2.04. The third-order valence-electron chi connectivity index (χ3n) is 2.29. The van der Waals surface area contributed by atoms with Crippen molar-refractivity contribution in [3.63, 3.8) is 0 Å². The Balaban J connectivity index is 2.09. The summed E-state index contributed by atoms with van der Waals surface area (Å²) in [5.74, 6) is 0.923. The van der Waals surface area contributed by atoms with Crippen LogP contribution in [-0.2, 0) is 13.0 Å². The highest BCUT2D eigenvalue weighted by Gasteiger charge is 2.12. The molecule has 0 atom stereocenters. The topological polar surface area (TPSA) is 47.8 Å². The van der Waals surface area contributed by atoms with Crippen molar-refractivity contribution in [3.8, 4) is 0 Å². The lowest BCUT2D eigenvalue weighted by Crippen LogP contribution is -2.09. The van der Waals surface area contributed by atoms with Crippen LogP contribution in [-0.4, -0.2) is 20.3 Å². The number of aryl methyl sites for hydroxylation is 1. The predicted molar refractivity (Wildman–Crippen MR) is 62.7 cm³/mol. The largest absolute Gasteiger partial charge is 0.335 e. The molecule has 0 aliphatic rings. The van der Waals surface area contributed by atoms with Gasteiger partial charge in [-0.25, -0.2) is 4.98 Å². The molecule has 0 amide bonds. The van der Waals surface area contributed by atoms with Gasteiger partial charge in [0.05, 0.1) is 16.8 Å². The van der Waals surface area contributed by atoms with Gasteiger partial charge in [-0.15, -0.1) is 11.3 Å². The Kier molecular flexibility index (Phi) is 3.46. The molecule has 2 aromatic heterocycles. The van der Waals surface area contributed by atoms with Gasteiger partial charge in [-0.05, 0) is 6.42 Å². The van der Waals surface area contributed by atoms with E-state index < -0.39 is 0 Å². The summed E-state index contributed by atoms with van der Waals surface area (Å²) in [6.45, 7) is 3.01. The fraction of sp³-hybridized carbons (Fsp3) is 0.364. The first-order valence-electron chi connectivity index (χ1n) is 5.23. The zero-order valence-electron chi connectivity index (χ0n) is 9.09. The first-order chi connectivity index (χ1) is 7.81. The quantitative estimate of drug-likeness (QED) is 0.746. The second-order valence-corrected chi connectivity index (χ2v) is 4.39. The normalized spacial score (nSPS) is 10.6. The van der Waals surface area contributed by atoms with E-state index in [2.05, 4.69) is 16.9 Å². The summed E-state index contributed by atoms with van der Waals surface area (Å²) in [4.78, 5) is 20.7. The standard InChI is InChI=1S/C11H13N3OS/c1-2-4-14-5-3-13-11(14)6-9(15)10-7-12-8-16-10/h3,5,7-8H,2,4,6H2,1H3. The Labute approximate surface area is 98.0 Å². The van der Waals surface area contributed by atoms with E-state index in [0.29, 0.717) is 11.3 Å². The monoisotopic (exact) mass is 235 g/mol. The van der Waals surface area contributed by atoms with Gasteiger partial charge in [-0.3, -0.25) is 9.78 Å². The highest BCUT2D eigenvalue weighted by atomic mass is 32.1. The van der Waals surface area contributed by atoms with E-state index in [-0.39, 0.29) is 5.78 Å². The average Bonchev–Trinajstić information content (AvgIpc) is 2.90. The van der Waals surface area contributed by atoms with Gasteiger partial charge in [0.1, 0.15) is 5.82 Å². The highest BCUT2D eigenvalue weighted by molar-refractivity contribution is 7.11. The van der Waals surface area contributed by atoms with Crippen LogP contribution in [0.3, 0.4) is 0 Å². The average molecular weight is 235 g/mol. The first-order valence-corrected chi connectivity index (χ1v) is 6.11. The SMILES string of the molecule is CCCn1ccnc1CC(=O)c1cncs1. The van der Waals surface area contributed by atoms with E-state index in [1.54, 1.807) is 17.9 Å². The number of hydrogen-bond acceptors (Lipinski definition) is 4. The number of ketones is 1. The molecule has 5 heteroatoms. The summed E-state index contributed by atoms with van der Waals surface area (Å²) in [5, 5.41) is 0. The first kappa shape index (κ1) is 11.0. The van der Waals surface area contributed by atoms with Gasteiger partial charge in [-0.2, -0.15) is 0 Å². The summed E-state index contributed by atoms with van der Waals surface area (Å²) >= 11 is 1.37. The van der Waals surface area contributed by atoms with Crippen molar-refractivity contribution in [2.45, 2.75) is 26.3 Å². The number of carbonyl (C=O) groups is 1. The smallest absolute Gasteiger partial charge is 0.181 e. The van der Waals surface area contributed by atoms with E-state index in [0.717, 1.165) is 18.8 Å². The molecule has 0 fully saturated rings. The summed E-state index contributed by atoms with van der Waals surface area (Å²) in [6.07, 6.45) is 6.66. The van der Waals surface area contributed by atoms with Crippen molar-refractivity contribution in [1.82, 2.24) is 14.5 Å². The lowest BCUT2D eigenvalue weighted by atomic mass is 10.2. The Bertz CT molecular complexity index is 461. The molecule has 0 saturated carbocycles. The van der Waals surface area contributed by atoms with Crippen LogP contribution in [0.1, 0.15) is 28.8 Å². The number of hydrogen-bond donors (Lipinski definition) is 0. The molecule has 0 unspecified atom stereocenters. The Morgan fingerprint density at radius 2 is 2.44 bits per heavy atom. The Morgan fingerprint density at radius 3 is 3.12 bits per heavy atom. The molecule has 2 heterocycles. The van der Waals surface area contributed by atoms with E-state index in [9.17, 15) is 4.79 Å². The van der Waals surface area contributed by atoms with Crippen molar-refractivity contribution in [3.05, 3.63) is 34.8 Å². The number of Topliss-reactive ketones (excluding diaryl/α,β-unsaturated/α-hetero) is 1. The molecular formula is C11H13N3OS. The number of carbonyl (C=O) groups excluding carboxylic acids is 1. The summed E-state index contributed by atoms with van der Waals surface area (Å²) < 4.78 is 2.03. The zero-order chi connectivity index (χ0) is 11.4. The van der Waals surface area contributed by atoms with Crippen LogP contribution in [0.15, 0.2) is 24.1 Å². The maximum absolute atomic E-state index is 11.8. The van der Waals surface area contributed by atoms with Gasteiger partial charge in [0, 0.05) is 25.1 Å². The molecule has 16 heavy (non-hydrogen) atoms. The molecule has 0 saturated heterocycles. The molecule has 2 aromatic rings. The van der Waals surface area contributed by atoms with Crippen molar-refractivity contribution >= 4 is 17.1 Å². The van der Waals surface area contributed by atoms with Crippen molar-refractivity contribution < 1.29 is 4.79 Å². The number of nitrogens with zero attached hydrogens (tertiary/aromatic N) is 3. The van der Waals surface area contributed by atoms with Gasteiger partial charge in [0.2, 0.25) is 0 Å². The van der Waals surface area contributed by atoms with Crippen LogP contribution in [0.25, 0.3) is 0 Å². The summed E-state index contributed by atoms with van der Waals surface area (Å²) in [7, 11) is 0. The molecule has 0 radical (unpaired) electrons. The van der Waals surface area contributed by atoms with Gasteiger partial charge in [-0.1, -0.05) is 6.92 Å². The zero-order valence-corrected chi connectivity index (χ0v) is 9.91. The minimum atomic E-state index is 0.0889. The second kappa shape index (κ2) is 5.03. The van der Waals surface area contributed by atoms with E-state index >= 15 is 0 Å². The van der Waals surface area contributed by atoms with Gasteiger partial charge < -0.3 is 4.57 Å². The van der Waals surface area contributed by atoms with Crippen LogP contribution in [0.5, 0.6) is 0 Å². The molecule has 84 valence electrons. The van der Waals surface area contributed by atoms with Crippen LogP contribution in [0.4, 0.5) is 0 Å². The van der Waals surface area contributed by atoms with Crippen LogP contribution in [0.2, 0.25) is 0 Å². The molecular weight excluding hydrogens is 222 g/mol. The Morgan fingerprint density at radius 1 is 1.56 bits per heavy atom. The van der Waals surface area contributed by atoms with Crippen LogP contribution in [0, 0.1) is 0 Å². The molecule has 0 aliphatic carbocycles. The number of imidazole rings is 1. The summed E-state index contributed by atoms with van der Waals surface area (Å²) in [6, 6.07) is 0.